The summed E-state index contributed by atoms with van der Waals surface area (Å²) >= 11 is 5.03. The highest BCUT2D eigenvalue weighted by Crippen LogP contribution is 2.24. The number of tetrazole rings is 1. The minimum atomic E-state index is -0.442. The number of Topliss-reactive ketones (excluding diaryl/α,β-unsaturated/α-hetero) is 1. The summed E-state index contributed by atoms with van der Waals surface area (Å²) in [4.78, 5) is 24.3. The van der Waals surface area contributed by atoms with Crippen LogP contribution in [0.3, 0.4) is 0 Å². The number of rotatable bonds is 6. The summed E-state index contributed by atoms with van der Waals surface area (Å²) in [6.45, 7) is 0. The number of hydrogen-bond acceptors (Lipinski definition) is 7. The molecule has 0 aliphatic carbocycles. The topological polar surface area (TPSA) is 133 Å². The average Bonchev–Trinajstić information content (AvgIpc) is 3.08. The van der Waals surface area contributed by atoms with Gasteiger partial charge in [-0.2, -0.15) is 5.21 Å². The summed E-state index contributed by atoms with van der Waals surface area (Å²) in [5.74, 6) is -1.19. The summed E-state index contributed by atoms with van der Waals surface area (Å²) in [6, 6.07) is 10.5. The van der Waals surface area contributed by atoms with E-state index in [1.807, 2.05) is 0 Å². The molecule has 0 atom stereocenters. The van der Waals surface area contributed by atoms with Gasteiger partial charge in [0.15, 0.2) is 5.78 Å². The van der Waals surface area contributed by atoms with E-state index >= 15 is 0 Å². The second-order valence-electron chi connectivity index (χ2n) is 5.64. The normalized spacial score (nSPS) is 10.5. The number of carbonyl (C=O) groups excluding carboxylic acids is 2. The van der Waals surface area contributed by atoms with Crippen molar-refractivity contribution in [3.8, 4) is 17.2 Å². The van der Waals surface area contributed by atoms with Gasteiger partial charge >= 0.3 is 0 Å². The number of anilines is 1. The molecule has 27 heavy (non-hydrogen) atoms. The lowest BCUT2D eigenvalue weighted by molar-refractivity contribution is -0.116. The molecule has 0 radical (unpaired) electrons. The molecule has 0 unspecified atom stereocenters. The highest BCUT2D eigenvalue weighted by atomic mass is 32.1. The molecule has 9 nitrogen and oxygen atoms in total. The number of nitrogens with zero attached hydrogens (tertiary/aromatic N) is 3. The van der Waals surface area contributed by atoms with Crippen molar-refractivity contribution in [2.75, 3.05) is 5.32 Å². The first kappa shape index (κ1) is 18.3. The van der Waals surface area contributed by atoms with Gasteiger partial charge in [-0.1, -0.05) is 16.4 Å². The number of hydrogen-bond donors (Lipinski definition) is 4. The lowest BCUT2D eigenvalue weighted by atomic mass is 10.0. The number of phenols is 2. The van der Waals surface area contributed by atoms with Gasteiger partial charge in [0, 0.05) is 18.5 Å². The third-order valence-electron chi connectivity index (χ3n) is 3.72. The number of H-pyrrole nitrogens is 1. The fourth-order valence-electron chi connectivity index (χ4n) is 2.42. The first-order chi connectivity index (χ1) is 12.9. The summed E-state index contributed by atoms with van der Waals surface area (Å²) in [7, 11) is 0. The third kappa shape index (κ3) is 4.36. The number of phenolic OH excluding ortho intramolecular Hbond substituents is 2. The van der Waals surface area contributed by atoms with Crippen molar-refractivity contribution in [3.63, 3.8) is 0 Å². The standard InChI is InChI=1S/C17H15N5O4S/c23-12-4-5-14(24)13(9-12)15(25)6-7-16(26)18-10-2-1-3-11(8-10)22-17(27)19-20-21-22/h1-5,8-9,23-24H,6-7H2,(H,18,26)(H,19,21,27). The molecule has 0 bridgehead atoms. The molecule has 10 heteroatoms. The van der Waals surface area contributed by atoms with Crippen molar-refractivity contribution in [1.29, 1.82) is 0 Å². The van der Waals surface area contributed by atoms with Crippen LogP contribution >= 0.6 is 12.2 Å². The van der Waals surface area contributed by atoms with Crippen molar-refractivity contribution < 1.29 is 19.8 Å². The maximum absolute atomic E-state index is 12.1. The Balaban J connectivity index is 1.63. The highest BCUT2D eigenvalue weighted by molar-refractivity contribution is 7.71. The van der Waals surface area contributed by atoms with Gasteiger partial charge in [-0.25, -0.2) is 4.68 Å². The summed E-state index contributed by atoms with van der Waals surface area (Å²) < 4.78 is 1.72. The van der Waals surface area contributed by atoms with Crippen molar-refractivity contribution in [2.24, 2.45) is 0 Å². The molecule has 0 spiro atoms. The number of aromatic nitrogens is 4. The zero-order valence-electron chi connectivity index (χ0n) is 13.9. The van der Waals surface area contributed by atoms with Crippen LogP contribution in [0, 0.1) is 4.77 Å². The molecule has 1 aromatic heterocycles. The number of ketones is 1. The Morgan fingerprint density at radius 1 is 1.15 bits per heavy atom. The van der Waals surface area contributed by atoms with Crippen LogP contribution in [0.15, 0.2) is 42.5 Å². The van der Waals surface area contributed by atoms with E-state index in [0.29, 0.717) is 11.4 Å². The van der Waals surface area contributed by atoms with Gasteiger partial charge in [-0.05, 0) is 48.6 Å². The molecule has 2 aromatic carbocycles. The average molecular weight is 385 g/mol. The summed E-state index contributed by atoms with van der Waals surface area (Å²) in [5, 5.41) is 31.7. The maximum atomic E-state index is 12.1. The molecule has 1 heterocycles. The number of aromatic hydroxyl groups is 2. The predicted molar refractivity (Wildman–Crippen MR) is 98.5 cm³/mol. The zero-order valence-corrected chi connectivity index (χ0v) is 14.7. The molecule has 138 valence electrons. The van der Waals surface area contributed by atoms with E-state index in [4.69, 9.17) is 12.2 Å². The Morgan fingerprint density at radius 2 is 1.96 bits per heavy atom. The number of benzene rings is 2. The largest absolute Gasteiger partial charge is 0.508 e. The minimum absolute atomic E-state index is 0.0223. The Hall–Kier alpha value is -3.53. The van der Waals surface area contributed by atoms with Crippen LogP contribution in [0.1, 0.15) is 23.2 Å². The van der Waals surface area contributed by atoms with Crippen LogP contribution in [-0.2, 0) is 4.79 Å². The molecular weight excluding hydrogens is 370 g/mol. The minimum Gasteiger partial charge on any atom is -0.508 e. The van der Waals surface area contributed by atoms with Crippen LogP contribution in [0.4, 0.5) is 5.69 Å². The number of carbonyl (C=O) groups is 2. The zero-order chi connectivity index (χ0) is 19.4. The molecule has 3 rings (SSSR count). The second-order valence-corrected chi connectivity index (χ2v) is 6.01. The molecule has 0 saturated carbocycles. The van der Waals surface area contributed by atoms with Gasteiger partial charge in [0.05, 0.1) is 11.3 Å². The molecule has 1 amide bonds. The SMILES string of the molecule is O=C(CCC(=O)c1cc(O)ccc1O)Nc1cccc(-n2[nH]nnc2=S)c1. The van der Waals surface area contributed by atoms with E-state index < -0.39 is 5.78 Å². The first-order valence-corrected chi connectivity index (χ1v) is 8.30. The Morgan fingerprint density at radius 3 is 2.70 bits per heavy atom. The molecule has 0 aliphatic heterocycles. The van der Waals surface area contributed by atoms with E-state index in [-0.39, 0.29) is 40.6 Å². The van der Waals surface area contributed by atoms with Crippen LogP contribution < -0.4 is 5.32 Å². The predicted octanol–water partition coefficient (Wildman–Crippen LogP) is 2.34. The highest BCUT2D eigenvalue weighted by Gasteiger charge is 2.14. The van der Waals surface area contributed by atoms with E-state index in [1.165, 1.54) is 22.9 Å². The number of amides is 1. The molecule has 0 aliphatic rings. The summed E-state index contributed by atoms with van der Waals surface area (Å²) in [5.41, 5.74) is 1.14. The third-order valence-corrected chi connectivity index (χ3v) is 3.98. The Labute approximate surface area is 158 Å². The van der Waals surface area contributed by atoms with Crippen LogP contribution in [0.5, 0.6) is 11.5 Å². The van der Waals surface area contributed by atoms with Gasteiger partial charge in [-0.3, -0.25) is 9.59 Å². The van der Waals surface area contributed by atoms with Crippen LogP contribution in [-0.4, -0.2) is 42.1 Å². The monoisotopic (exact) mass is 385 g/mol. The quantitative estimate of drug-likeness (QED) is 0.291. The fourth-order valence-corrected chi connectivity index (χ4v) is 2.61. The summed E-state index contributed by atoms with van der Waals surface area (Å²) in [6.07, 6.45) is -0.193. The number of aromatic amines is 1. The first-order valence-electron chi connectivity index (χ1n) is 7.89. The fraction of sp³-hybridized carbons (Fsp3) is 0.118. The Kier molecular flexibility index (Phi) is 5.27. The molecule has 0 fully saturated rings. The number of nitrogens with one attached hydrogen (secondary N) is 2. The van der Waals surface area contributed by atoms with Crippen molar-refractivity contribution >= 4 is 29.6 Å². The molecule has 4 N–H and O–H groups in total. The van der Waals surface area contributed by atoms with E-state index in [2.05, 4.69) is 20.8 Å². The van der Waals surface area contributed by atoms with Gasteiger partial charge < -0.3 is 15.5 Å². The van der Waals surface area contributed by atoms with Crippen LogP contribution in [0.25, 0.3) is 5.69 Å². The van der Waals surface area contributed by atoms with Crippen molar-refractivity contribution in [3.05, 3.63) is 52.8 Å². The molecule has 0 saturated heterocycles. The van der Waals surface area contributed by atoms with Gasteiger partial charge in [0.2, 0.25) is 10.7 Å². The van der Waals surface area contributed by atoms with E-state index in [9.17, 15) is 19.8 Å². The van der Waals surface area contributed by atoms with Gasteiger partial charge in [0.1, 0.15) is 11.5 Å². The van der Waals surface area contributed by atoms with E-state index in [1.54, 1.807) is 24.3 Å². The molecular formula is C17H15N5O4S. The van der Waals surface area contributed by atoms with Gasteiger partial charge in [0.25, 0.3) is 0 Å². The van der Waals surface area contributed by atoms with Crippen LogP contribution in [0.2, 0.25) is 0 Å². The second kappa shape index (κ2) is 7.79. The lowest BCUT2D eigenvalue weighted by Gasteiger charge is -2.08. The van der Waals surface area contributed by atoms with E-state index in [0.717, 1.165) is 0 Å². The smallest absolute Gasteiger partial charge is 0.242 e. The van der Waals surface area contributed by atoms with Gasteiger partial charge in [-0.15, -0.1) is 0 Å². The maximum Gasteiger partial charge on any atom is 0.242 e. The lowest BCUT2D eigenvalue weighted by Crippen LogP contribution is -2.14. The molecule has 3 aromatic rings. The van der Waals surface area contributed by atoms with Crippen molar-refractivity contribution in [2.45, 2.75) is 12.8 Å². The van der Waals surface area contributed by atoms with Crippen molar-refractivity contribution in [1.82, 2.24) is 20.2 Å². The Bertz CT molecular complexity index is 1060.